The molecule has 0 heterocycles. The molecule has 0 radical (unpaired) electrons. The van der Waals surface area contributed by atoms with E-state index in [2.05, 4.69) is 0 Å². The Morgan fingerprint density at radius 2 is 1.06 bits per heavy atom. The molecule has 2 aliphatic rings. The monoisotopic (exact) mass is 286 g/mol. The molecular weight excluding hydrogens is 263 g/mol. The first kappa shape index (κ1) is 14.8. The molecule has 0 aromatic heterocycles. The van der Waals surface area contributed by atoms with E-state index in [0.717, 1.165) is 25.7 Å². The third kappa shape index (κ3) is 3.35. The van der Waals surface area contributed by atoms with Gasteiger partial charge in [0.25, 0.3) is 0 Å². The first-order valence-electron chi connectivity index (χ1n) is 6.53. The van der Waals surface area contributed by atoms with Crippen molar-refractivity contribution in [2.24, 2.45) is 0 Å². The van der Waals surface area contributed by atoms with Crippen LogP contribution in [0.1, 0.15) is 64.2 Å². The van der Waals surface area contributed by atoms with Crippen LogP contribution in [0, 0.1) is 0 Å². The van der Waals surface area contributed by atoms with Crippen molar-refractivity contribution in [2.75, 3.05) is 0 Å². The second kappa shape index (κ2) is 6.59. The van der Waals surface area contributed by atoms with Gasteiger partial charge in [-0.25, -0.2) is 0 Å². The van der Waals surface area contributed by atoms with Gasteiger partial charge in [-0.3, -0.25) is 4.57 Å². The molecule has 0 saturated heterocycles. The van der Waals surface area contributed by atoms with E-state index >= 15 is 0 Å². The van der Waals surface area contributed by atoms with Gasteiger partial charge in [0.15, 0.2) is 0 Å². The predicted molar refractivity (Wildman–Crippen MR) is 63.6 cm³/mol. The minimum atomic E-state index is -2.84. The van der Waals surface area contributed by atoms with Gasteiger partial charge in [-0.1, -0.05) is 38.5 Å². The Labute approximate surface area is 110 Å². The fourth-order valence-corrected chi connectivity index (χ4v) is 6.01. The molecule has 4 heteroatoms. The Bertz CT molecular complexity index is 223. The molecular formula is C12H23FeO2P. The second-order valence-corrected chi connectivity index (χ2v) is 8.06. The first-order valence-corrected chi connectivity index (χ1v) is 8.33. The van der Waals surface area contributed by atoms with E-state index < -0.39 is 7.37 Å². The van der Waals surface area contributed by atoms with Crippen LogP contribution in [0.5, 0.6) is 0 Å². The molecule has 0 aromatic rings. The Kier molecular flexibility index (Phi) is 6.08. The summed E-state index contributed by atoms with van der Waals surface area (Å²) in [7, 11) is -2.84. The molecule has 0 aromatic carbocycles. The fraction of sp³-hybridized carbons (Fsp3) is 1.00. The van der Waals surface area contributed by atoms with Crippen molar-refractivity contribution < 1.29 is 26.5 Å². The minimum absolute atomic E-state index is 0. The van der Waals surface area contributed by atoms with Gasteiger partial charge in [-0.15, -0.1) is 0 Å². The topological polar surface area (TPSA) is 37.3 Å². The van der Waals surface area contributed by atoms with Gasteiger partial charge in [0, 0.05) is 28.4 Å². The van der Waals surface area contributed by atoms with Crippen LogP contribution >= 0.6 is 7.37 Å². The van der Waals surface area contributed by atoms with Crippen molar-refractivity contribution in [2.45, 2.75) is 75.5 Å². The number of rotatable bonds is 2. The van der Waals surface area contributed by atoms with Crippen LogP contribution in [-0.2, 0) is 21.6 Å². The van der Waals surface area contributed by atoms with Gasteiger partial charge in [0.2, 0.25) is 7.37 Å². The van der Waals surface area contributed by atoms with E-state index in [1.165, 1.54) is 38.5 Å². The minimum Gasteiger partial charge on any atom is -0.344 e. The van der Waals surface area contributed by atoms with E-state index in [9.17, 15) is 9.46 Å². The van der Waals surface area contributed by atoms with E-state index in [1.807, 2.05) is 0 Å². The van der Waals surface area contributed by atoms with Crippen molar-refractivity contribution in [1.82, 2.24) is 0 Å². The fourth-order valence-electron chi connectivity index (χ4n) is 3.20. The molecule has 2 rings (SSSR count). The van der Waals surface area contributed by atoms with E-state index in [1.54, 1.807) is 0 Å². The standard InChI is InChI=1S/C12H23O2P.Fe/c13-15(14,11-7-3-1-4-8-11)12-9-5-2-6-10-12;/h11-12H,1-10H2,(H,13,14);. The average molecular weight is 286 g/mol. The normalized spacial score (nSPS) is 25.1. The second-order valence-electron chi connectivity index (χ2n) is 5.26. The zero-order valence-electron chi connectivity index (χ0n) is 9.88. The molecule has 0 amide bonds. The molecule has 2 nitrogen and oxygen atoms in total. The molecule has 0 unspecified atom stereocenters. The van der Waals surface area contributed by atoms with Crippen molar-refractivity contribution in [3.8, 4) is 0 Å². The van der Waals surface area contributed by atoms with Crippen LogP contribution in [0.15, 0.2) is 0 Å². The Morgan fingerprint density at radius 1 is 0.750 bits per heavy atom. The third-order valence-electron chi connectivity index (χ3n) is 4.20. The van der Waals surface area contributed by atoms with Crippen LogP contribution in [0.3, 0.4) is 0 Å². The van der Waals surface area contributed by atoms with Gasteiger partial charge in [-0.2, -0.15) is 0 Å². The van der Waals surface area contributed by atoms with E-state index in [-0.39, 0.29) is 28.4 Å². The Balaban J connectivity index is 0.00000128. The summed E-state index contributed by atoms with van der Waals surface area (Å²) in [6.07, 6.45) is 11.2. The van der Waals surface area contributed by atoms with Gasteiger partial charge in [-0.05, 0) is 25.7 Å². The predicted octanol–water partition coefficient (Wildman–Crippen LogP) is 3.92. The van der Waals surface area contributed by atoms with Crippen LogP contribution in [0.4, 0.5) is 0 Å². The largest absolute Gasteiger partial charge is 0.344 e. The van der Waals surface area contributed by atoms with Gasteiger partial charge < -0.3 is 4.89 Å². The summed E-state index contributed by atoms with van der Waals surface area (Å²) < 4.78 is 12.5. The molecule has 2 fully saturated rings. The molecule has 0 aliphatic heterocycles. The molecule has 1 N–H and O–H groups in total. The van der Waals surface area contributed by atoms with Crippen LogP contribution in [0.25, 0.3) is 0 Å². The van der Waals surface area contributed by atoms with Gasteiger partial charge >= 0.3 is 0 Å². The Hall–Kier alpha value is 0.709. The maximum atomic E-state index is 12.5. The summed E-state index contributed by atoms with van der Waals surface area (Å²) in [4.78, 5) is 10.3. The molecule has 2 saturated carbocycles. The summed E-state index contributed by atoms with van der Waals surface area (Å²) in [6, 6.07) is 0. The van der Waals surface area contributed by atoms with Crippen LogP contribution < -0.4 is 0 Å². The maximum Gasteiger partial charge on any atom is 0.206 e. The molecule has 0 atom stereocenters. The smallest absolute Gasteiger partial charge is 0.206 e. The van der Waals surface area contributed by atoms with Gasteiger partial charge in [0.05, 0.1) is 0 Å². The van der Waals surface area contributed by atoms with E-state index in [0.29, 0.717) is 0 Å². The summed E-state index contributed by atoms with van der Waals surface area (Å²) >= 11 is 0. The summed E-state index contributed by atoms with van der Waals surface area (Å²) in [5.41, 5.74) is 0.295. The van der Waals surface area contributed by atoms with E-state index in [4.69, 9.17) is 0 Å². The van der Waals surface area contributed by atoms with Crippen molar-refractivity contribution in [1.29, 1.82) is 0 Å². The van der Waals surface area contributed by atoms with Crippen LogP contribution in [0.2, 0.25) is 0 Å². The van der Waals surface area contributed by atoms with Crippen molar-refractivity contribution in [3.63, 3.8) is 0 Å². The number of hydrogen-bond acceptors (Lipinski definition) is 1. The summed E-state index contributed by atoms with van der Waals surface area (Å²) in [5.74, 6) is 0. The van der Waals surface area contributed by atoms with Crippen LogP contribution in [-0.4, -0.2) is 16.2 Å². The number of hydrogen-bond donors (Lipinski definition) is 1. The quantitative estimate of drug-likeness (QED) is 0.617. The zero-order chi connectivity index (χ0) is 10.7. The van der Waals surface area contributed by atoms with Gasteiger partial charge in [0.1, 0.15) is 0 Å². The third-order valence-corrected chi connectivity index (χ3v) is 7.32. The summed E-state index contributed by atoms with van der Waals surface area (Å²) in [6.45, 7) is 0. The molecule has 2 aliphatic carbocycles. The van der Waals surface area contributed by atoms with Crippen molar-refractivity contribution in [3.05, 3.63) is 0 Å². The SMILES string of the molecule is O=P(O)(C1CCCCC1)C1CCCCC1.[Fe]. The Morgan fingerprint density at radius 3 is 1.38 bits per heavy atom. The van der Waals surface area contributed by atoms with Crippen molar-refractivity contribution >= 4 is 7.37 Å². The summed E-state index contributed by atoms with van der Waals surface area (Å²) in [5, 5.41) is 0. The average Bonchev–Trinajstić information content (AvgIpc) is 2.31. The molecule has 0 spiro atoms. The molecule has 16 heavy (non-hydrogen) atoms. The first-order chi connectivity index (χ1) is 7.21. The molecule has 96 valence electrons. The zero-order valence-corrected chi connectivity index (χ0v) is 11.9. The molecule has 0 bridgehead atoms. The maximum absolute atomic E-state index is 12.5.